The van der Waals surface area contributed by atoms with E-state index in [1.807, 2.05) is 13.0 Å². The lowest BCUT2D eigenvalue weighted by atomic mass is 10.1. The SMILES string of the molecule is Cc1ccc(C(=O)Nc2ccc(S(=O)(=O)Nc3ccc(F)cc3)cc2)cc1Br. The van der Waals surface area contributed by atoms with Crippen molar-refractivity contribution in [2.24, 2.45) is 0 Å². The summed E-state index contributed by atoms with van der Waals surface area (Å²) < 4.78 is 41.0. The van der Waals surface area contributed by atoms with Crippen molar-refractivity contribution in [1.29, 1.82) is 0 Å². The fourth-order valence-electron chi connectivity index (χ4n) is 2.39. The molecule has 0 fully saturated rings. The summed E-state index contributed by atoms with van der Waals surface area (Å²) in [7, 11) is -3.83. The zero-order chi connectivity index (χ0) is 20.3. The second-order valence-corrected chi connectivity index (χ2v) is 8.59. The number of halogens is 2. The van der Waals surface area contributed by atoms with Crippen molar-refractivity contribution in [3.63, 3.8) is 0 Å². The third kappa shape index (κ3) is 4.76. The Kier molecular flexibility index (Phi) is 5.81. The third-order valence-corrected chi connectivity index (χ3v) is 6.20. The van der Waals surface area contributed by atoms with Gasteiger partial charge in [0.2, 0.25) is 0 Å². The molecular formula is C20H16BrFN2O3S. The second-order valence-electron chi connectivity index (χ2n) is 6.05. The highest BCUT2D eigenvalue weighted by atomic mass is 79.9. The Morgan fingerprint density at radius 1 is 0.929 bits per heavy atom. The zero-order valence-electron chi connectivity index (χ0n) is 14.7. The number of aryl methyl sites for hydroxylation is 1. The van der Waals surface area contributed by atoms with Gasteiger partial charge in [-0.15, -0.1) is 0 Å². The minimum absolute atomic E-state index is 0.0212. The second kappa shape index (κ2) is 8.12. The van der Waals surface area contributed by atoms with E-state index in [0.29, 0.717) is 11.3 Å². The van der Waals surface area contributed by atoms with Crippen molar-refractivity contribution in [3.05, 3.63) is 88.1 Å². The minimum Gasteiger partial charge on any atom is -0.322 e. The topological polar surface area (TPSA) is 75.3 Å². The Hall–Kier alpha value is -2.71. The van der Waals surface area contributed by atoms with Gasteiger partial charge in [-0.2, -0.15) is 0 Å². The van der Waals surface area contributed by atoms with Gasteiger partial charge in [0.1, 0.15) is 5.82 Å². The van der Waals surface area contributed by atoms with Crippen molar-refractivity contribution in [1.82, 2.24) is 0 Å². The summed E-state index contributed by atoms with van der Waals surface area (Å²) in [6.07, 6.45) is 0. The predicted molar refractivity (Wildman–Crippen MR) is 110 cm³/mol. The van der Waals surface area contributed by atoms with Gasteiger partial charge >= 0.3 is 0 Å². The highest BCUT2D eigenvalue weighted by Gasteiger charge is 2.15. The molecule has 0 spiro atoms. The van der Waals surface area contributed by atoms with Crippen LogP contribution in [0.3, 0.4) is 0 Å². The molecular weight excluding hydrogens is 447 g/mol. The number of carbonyl (C=O) groups excluding carboxylic acids is 1. The fourth-order valence-corrected chi connectivity index (χ4v) is 3.82. The summed E-state index contributed by atoms with van der Waals surface area (Å²) in [5, 5.41) is 2.72. The molecule has 0 aliphatic carbocycles. The van der Waals surface area contributed by atoms with Crippen molar-refractivity contribution < 1.29 is 17.6 Å². The predicted octanol–water partition coefficient (Wildman–Crippen LogP) is 4.95. The number of sulfonamides is 1. The smallest absolute Gasteiger partial charge is 0.261 e. The van der Waals surface area contributed by atoms with Gasteiger partial charge in [0, 0.05) is 21.4 Å². The summed E-state index contributed by atoms with van der Waals surface area (Å²) in [5.74, 6) is -0.760. The standard InChI is InChI=1S/C20H16BrFN2O3S/c1-13-2-3-14(12-19(13)21)20(25)23-16-8-10-18(11-9-16)28(26,27)24-17-6-4-15(22)5-7-17/h2-12,24H,1H3,(H,23,25). The number of carbonyl (C=O) groups is 1. The highest BCUT2D eigenvalue weighted by molar-refractivity contribution is 9.10. The monoisotopic (exact) mass is 462 g/mol. The van der Waals surface area contributed by atoms with Crippen LogP contribution >= 0.6 is 15.9 Å². The van der Waals surface area contributed by atoms with E-state index in [1.165, 1.54) is 48.5 Å². The summed E-state index contributed by atoms with van der Waals surface area (Å²) >= 11 is 3.39. The molecule has 0 atom stereocenters. The molecule has 0 unspecified atom stereocenters. The number of anilines is 2. The molecule has 5 nitrogen and oxygen atoms in total. The first-order valence-electron chi connectivity index (χ1n) is 8.20. The van der Waals surface area contributed by atoms with Gasteiger partial charge in [0.25, 0.3) is 15.9 Å². The van der Waals surface area contributed by atoms with Crippen LogP contribution in [0.4, 0.5) is 15.8 Å². The Balaban J connectivity index is 1.72. The van der Waals surface area contributed by atoms with Crippen molar-refractivity contribution in [2.75, 3.05) is 10.0 Å². The van der Waals surface area contributed by atoms with Gasteiger partial charge in [-0.3, -0.25) is 9.52 Å². The van der Waals surface area contributed by atoms with Gasteiger partial charge in [-0.25, -0.2) is 12.8 Å². The normalized spacial score (nSPS) is 11.1. The quantitative estimate of drug-likeness (QED) is 0.563. The molecule has 0 aliphatic rings. The number of hydrogen-bond donors (Lipinski definition) is 2. The van der Waals surface area contributed by atoms with Crippen LogP contribution < -0.4 is 10.0 Å². The minimum atomic E-state index is -3.83. The maximum atomic E-state index is 12.9. The van der Waals surface area contributed by atoms with Gasteiger partial charge in [-0.05, 0) is 73.2 Å². The summed E-state index contributed by atoms with van der Waals surface area (Å²) in [4.78, 5) is 12.4. The molecule has 2 N–H and O–H groups in total. The molecule has 8 heteroatoms. The molecule has 0 saturated carbocycles. The Bertz CT molecular complexity index is 1120. The molecule has 3 aromatic rings. The molecule has 1 amide bonds. The van der Waals surface area contributed by atoms with E-state index in [9.17, 15) is 17.6 Å². The lowest BCUT2D eigenvalue weighted by Gasteiger charge is -2.10. The van der Waals surface area contributed by atoms with E-state index < -0.39 is 15.8 Å². The molecule has 0 saturated heterocycles. The number of nitrogens with one attached hydrogen (secondary N) is 2. The largest absolute Gasteiger partial charge is 0.322 e. The molecule has 3 aromatic carbocycles. The summed E-state index contributed by atoms with van der Waals surface area (Å²) in [5.41, 5.74) is 2.21. The third-order valence-electron chi connectivity index (χ3n) is 3.95. The van der Waals surface area contributed by atoms with Gasteiger partial charge in [0.05, 0.1) is 4.90 Å². The molecule has 0 aromatic heterocycles. The number of rotatable bonds is 5. The first-order chi connectivity index (χ1) is 13.2. The molecule has 28 heavy (non-hydrogen) atoms. The van der Waals surface area contributed by atoms with Crippen LogP contribution in [0, 0.1) is 12.7 Å². The first-order valence-corrected chi connectivity index (χ1v) is 10.5. The molecule has 144 valence electrons. The van der Waals surface area contributed by atoms with Crippen LogP contribution in [0.1, 0.15) is 15.9 Å². The molecule has 0 aliphatic heterocycles. The van der Waals surface area contributed by atoms with Gasteiger partial charge in [-0.1, -0.05) is 22.0 Å². The van der Waals surface area contributed by atoms with Crippen LogP contribution in [0.2, 0.25) is 0 Å². The van der Waals surface area contributed by atoms with E-state index in [2.05, 4.69) is 26.0 Å². The molecule has 3 rings (SSSR count). The Morgan fingerprint density at radius 2 is 1.54 bits per heavy atom. The van der Waals surface area contributed by atoms with E-state index in [-0.39, 0.29) is 16.5 Å². The van der Waals surface area contributed by atoms with Crippen LogP contribution in [-0.2, 0) is 10.0 Å². The molecule has 0 radical (unpaired) electrons. The number of amides is 1. The van der Waals surface area contributed by atoms with E-state index in [1.54, 1.807) is 12.1 Å². The van der Waals surface area contributed by atoms with Crippen LogP contribution in [-0.4, -0.2) is 14.3 Å². The van der Waals surface area contributed by atoms with Crippen molar-refractivity contribution >= 4 is 43.2 Å². The van der Waals surface area contributed by atoms with Crippen LogP contribution in [0.5, 0.6) is 0 Å². The number of benzene rings is 3. The highest BCUT2D eigenvalue weighted by Crippen LogP contribution is 2.21. The average molecular weight is 463 g/mol. The number of hydrogen-bond acceptors (Lipinski definition) is 3. The lowest BCUT2D eigenvalue weighted by Crippen LogP contribution is -2.14. The van der Waals surface area contributed by atoms with Gasteiger partial charge < -0.3 is 5.32 Å². The summed E-state index contributed by atoms with van der Waals surface area (Å²) in [6.45, 7) is 1.92. The Morgan fingerprint density at radius 3 is 2.14 bits per heavy atom. The zero-order valence-corrected chi connectivity index (χ0v) is 17.1. The maximum absolute atomic E-state index is 12.9. The van der Waals surface area contributed by atoms with Crippen LogP contribution in [0.25, 0.3) is 0 Å². The molecule has 0 heterocycles. The van der Waals surface area contributed by atoms with Crippen molar-refractivity contribution in [2.45, 2.75) is 11.8 Å². The fraction of sp³-hybridized carbons (Fsp3) is 0.0500. The Labute approximate surface area is 170 Å². The summed E-state index contributed by atoms with van der Waals surface area (Å²) in [6, 6.07) is 16.0. The molecule has 0 bridgehead atoms. The van der Waals surface area contributed by atoms with Gasteiger partial charge in [0.15, 0.2) is 0 Å². The first kappa shape index (κ1) is 20.0. The average Bonchev–Trinajstić information content (AvgIpc) is 2.66. The van der Waals surface area contributed by atoms with Crippen LogP contribution in [0.15, 0.2) is 76.1 Å². The van der Waals surface area contributed by atoms with Crippen molar-refractivity contribution in [3.8, 4) is 0 Å². The lowest BCUT2D eigenvalue weighted by molar-refractivity contribution is 0.102. The van der Waals surface area contributed by atoms with E-state index in [4.69, 9.17) is 0 Å². The van der Waals surface area contributed by atoms with E-state index in [0.717, 1.165) is 10.0 Å². The maximum Gasteiger partial charge on any atom is 0.261 e. The van der Waals surface area contributed by atoms with E-state index >= 15 is 0 Å².